The molecule has 0 radical (unpaired) electrons. The number of hydrogen-bond acceptors (Lipinski definition) is 4. The maximum absolute atomic E-state index is 13.2. The molecule has 2 heterocycles. The highest BCUT2D eigenvalue weighted by Crippen LogP contribution is 2.36. The van der Waals surface area contributed by atoms with Crippen molar-refractivity contribution < 1.29 is 22.0 Å². The predicted molar refractivity (Wildman–Crippen MR) is 102 cm³/mol. The van der Waals surface area contributed by atoms with Gasteiger partial charge >= 0.3 is 17.4 Å². The molecule has 4 nitrogen and oxygen atoms in total. The highest BCUT2D eigenvalue weighted by atomic mass is 19.4. The first-order valence-corrected chi connectivity index (χ1v) is 8.60. The van der Waals surface area contributed by atoms with Crippen molar-refractivity contribution in [1.29, 1.82) is 0 Å². The van der Waals surface area contributed by atoms with Crippen molar-refractivity contribution in [2.24, 2.45) is 0 Å². The van der Waals surface area contributed by atoms with Gasteiger partial charge in [0, 0.05) is 16.5 Å². The highest BCUT2D eigenvalue weighted by Gasteiger charge is 2.31. The van der Waals surface area contributed by atoms with Crippen molar-refractivity contribution in [3.63, 3.8) is 0 Å². The molecular weight excluding hydrogens is 385 g/mol. The maximum Gasteiger partial charge on any atom is 0.416 e. The van der Waals surface area contributed by atoms with Gasteiger partial charge in [-0.2, -0.15) is 13.2 Å². The van der Waals surface area contributed by atoms with E-state index in [2.05, 4.69) is 0 Å². The van der Waals surface area contributed by atoms with Gasteiger partial charge in [-0.05, 0) is 30.7 Å². The Bertz CT molecular complexity index is 1330. The van der Waals surface area contributed by atoms with Gasteiger partial charge in [-0.3, -0.25) is 0 Å². The second-order valence-corrected chi connectivity index (χ2v) is 6.45. The van der Waals surface area contributed by atoms with E-state index in [4.69, 9.17) is 8.83 Å². The van der Waals surface area contributed by atoms with E-state index in [0.29, 0.717) is 5.56 Å². The molecule has 0 amide bonds. The third-order valence-electron chi connectivity index (χ3n) is 4.56. The Labute approximate surface area is 161 Å². The molecule has 0 aliphatic heterocycles. The van der Waals surface area contributed by atoms with Crippen LogP contribution in [-0.4, -0.2) is 0 Å². The summed E-state index contributed by atoms with van der Waals surface area (Å²) in [6.45, 7) is 1.47. The Balaban J connectivity index is 2.08. The fourth-order valence-corrected chi connectivity index (χ4v) is 3.27. The average Bonchev–Trinajstić information content (AvgIpc) is 2.67. The molecule has 0 N–H and O–H groups in total. The summed E-state index contributed by atoms with van der Waals surface area (Å²) in [6, 6.07) is 14.8. The molecule has 2 aromatic carbocycles. The minimum Gasteiger partial charge on any atom is -0.427 e. The van der Waals surface area contributed by atoms with Crippen molar-refractivity contribution >= 4 is 10.8 Å². The van der Waals surface area contributed by atoms with Gasteiger partial charge in [0.05, 0.1) is 5.56 Å². The lowest BCUT2D eigenvalue weighted by atomic mass is 9.97. The third kappa shape index (κ3) is 3.35. The number of alkyl halides is 3. The average molecular weight is 398 g/mol. The second kappa shape index (κ2) is 6.77. The van der Waals surface area contributed by atoms with Crippen LogP contribution in [0.25, 0.3) is 33.2 Å². The van der Waals surface area contributed by atoms with Crippen LogP contribution in [0.5, 0.6) is 0 Å². The zero-order valence-electron chi connectivity index (χ0n) is 15.0. The van der Waals surface area contributed by atoms with Crippen LogP contribution in [0.1, 0.15) is 11.3 Å². The summed E-state index contributed by atoms with van der Waals surface area (Å²) >= 11 is 0. The summed E-state index contributed by atoms with van der Waals surface area (Å²) in [7, 11) is 0. The summed E-state index contributed by atoms with van der Waals surface area (Å²) in [6.07, 6.45) is -4.54. The van der Waals surface area contributed by atoms with Gasteiger partial charge in [0.1, 0.15) is 11.5 Å². The summed E-state index contributed by atoms with van der Waals surface area (Å²) in [5, 5.41) is -0.170. The number of hydrogen-bond donors (Lipinski definition) is 0. The Morgan fingerprint density at radius 1 is 0.793 bits per heavy atom. The largest absolute Gasteiger partial charge is 0.427 e. The van der Waals surface area contributed by atoms with Crippen LogP contribution < -0.4 is 11.3 Å². The van der Waals surface area contributed by atoms with Crippen molar-refractivity contribution in [3.05, 3.63) is 92.8 Å². The molecule has 0 saturated heterocycles. The Morgan fingerprint density at radius 2 is 1.45 bits per heavy atom. The van der Waals surface area contributed by atoms with Gasteiger partial charge < -0.3 is 8.83 Å². The van der Waals surface area contributed by atoms with Gasteiger partial charge in [-0.25, -0.2) is 9.59 Å². The third-order valence-corrected chi connectivity index (χ3v) is 4.56. The van der Waals surface area contributed by atoms with E-state index in [0.717, 1.165) is 12.1 Å². The van der Waals surface area contributed by atoms with E-state index in [9.17, 15) is 22.8 Å². The zero-order valence-corrected chi connectivity index (χ0v) is 15.0. The molecule has 7 heteroatoms. The van der Waals surface area contributed by atoms with E-state index < -0.39 is 23.0 Å². The first kappa shape index (κ1) is 18.7. The summed E-state index contributed by atoms with van der Waals surface area (Å²) in [5.74, 6) is 0.299. The Hall–Kier alpha value is -3.61. The quantitative estimate of drug-likeness (QED) is 0.453. The van der Waals surface area contributed by atoms with Gasteiger partial charge in [-0.1, -0.05) is 42.5 Å². The zero-order chi connectivity index (χ0) is 20.8. The lowest BCUT2D eigenvalue weighted by Gasteiger charge is -2.12. The van der Waals surface area contributed by atoms with Gasteiger partial charge in [0.25, 0.3) is 0 Å². The number of fused-ring (bicyclic) bond motifs is 1. The molecule has 4 rings (SSSR count). The predicted octanol–water partition coefficient (Wildman–Crippen LogP) is 5.41. The molecule has 0 atom stereocenters. The van der Waals surface area contributed by atoms with Gasteiger partial charge in [0.15, 0.2) is 5.39 Å². The molecule has 0 aliphatic rings. The molecule has 0 aliphatic carbocycles. The molecule has 0 saturated carbocycles. The molecule has 0 bridgehead atoms. The topological polar surface area (TPSA) is 60.4 Å². The fraction of sp³-hybridized carbons (Fsp3) is 0.0909. The standard InChI is InChI=1S/C22H13F3O4/c1-12-18(14-8-5-9-15(10-14)22(23,24)25)16-11-17(13-6-3-2-4-7-13)29-21(27)19(16)20(26)28-12/h2-11H,1H3. The monoisotopic (exact) mass is 398 g/mol. The SMILES string of the molecule is Cc1oc(=O)c2c(=O)oc(-c3ccccc3)cc2c1-c1cccc(C(F)(F)F)c1. The van der Waals surface area contributed by atoms with Crippen molar-refractivity contribution in [2.45, 2.75) is 13.1 Å². The van der Waals surface area contributed by atoms with Crippen LogP contribution in [0.3, 0.4) is 0 Å². The van der Waals surface area contributed by atoms with Crippen LogP contribution >= 0.6 is 0 Å². The number of benzene rings is 2. The van der Waals surface area contributed by atoms with Crippen molar-refractivity contribution in [2.75, 3.05) is 0 Å². The van der Waals surface area contributed by atoms with Crippen LogP contribution in [0.4, 0.5) is 13.2 Å². The van der Waals surface area contributed by atoms with Crippen LogP contribution in [0.15, 0.2) is 79.1 Å². The summed E-state index contributed by atoms with van der Waals surface area (Å²) < 4.78 is 49.9. The number of aryl methyl sites for hydroxylation is 1. The van der Waals surface area contributed by atoms with E-state index >= 15 is 0 Å². The molecule has 0 spiro atoms. The normalized spacial score (nSPS) is 11.7. The minimum absolute atomic E-state index is 0.103. The molecule has 0 unspecified atom stereocenters. The maximum atomic E-state index is 13.2. The van der Waals surface area contributed by atoms with Crippen molar-refractivity contribution in [3.8, 4) is 22.5 Å². The van der Waals surface area contributed by atoms with Crippen LogP contribution in [0, 0.1) is 6.92 Å². The first-order chi connectivity index (χ1) is 13.8. The summed E-state index contributed by atoms with van der Waals surface area (Å²) in [5.41, 5.74) is -1.66. The van der Waals surface area contributed by atoms with Gasteiger partial charge in [0.2, 0.25) is 0 Å². The second-order valence-electron chi connectivity index (χ2n) is 6.45. The minimum atomic E-state index is -4.54. The molecule has 29 heavy (non-hydrogen) atoms. The molecule has 4 aromatic rings. The lowest BCUT2D eigenvalue weighted by molar-refractivity contribution is -0.137. The molecular formula is C22H13F3O4. The van der Waals surface area contributed by atoms with E-state index in [1.807, 2.05) is 0 Å². The lowest BCUT2D eigenvalue weighted by Crippen LogP contribution is -2.14. The highest BCUT2D eigenvalue weighted by molar-refractivity contribution is 5.97. The van der Waals surface area contributed by atoms with E-state index in [1.54, 1.807) is 30.3 Å². The number of rotatable bonds is 2. The van der Waals surface area contributed by atoms with Crippen LogP contribution in [-0.2, 0) is 6.18 Å². The van der Waals surface area contributed by atoms with Crippen LogP contribution in [0.2, 0.25) is 0 Å². The Kier molecular flexibility index (Phi) is 4.38. The van der Waals surface area contributed by atoms with Crippen molar-refractivity contribution in [1.82, 2.24) is 0 Å². The molecule has 0 fully saturated rings. The molecule has 2 aromatic heterocycles. The number of halogens is 3. The summed E-state index contributed by atoms with van der Waals surface area (Å²) in [4.78, 5) is 24.8. The first-order valence-electron chi connectivity index (χ1n) is 8.60. The van der Waals surface area contributed by atoms with Gasteiger partial charge in [-0.15, -0.1) is 0 Å². The smallest absolute Gasteiger partial charge is 0.416 e. The van der Waals surface area contributed by atoms with E-state index in [1.165, 1.54) is 25.1 Å². The van der Waals surface area contributed by atoms with E-state index in [-0.39, 0.29) is 33.4 Å². The molecule has 146 valence electrons. The Morgan fingerprint density at radius 3 is 2.14 bits per heavy atom. The fourth-order valence-electron chi connectivity index (χ4n) is 3.27.